The summed E-state index contributed by atoms with van der Waals surface area (Å²) in [6, 6.07) is 9.15. The second-order valence-electron chi connectivity index (χ2n) is 4.41. The molecule has 2 aromatic rings. The summed E-state index contributed by atoms with van der Waals surface area (Å²) in [5.74, 6) is 1.11. The maximum Gasteiger partial charge on any atom is 0.273 e. The molecule has 1 aliphatic heterocycles. The first-order valence-corrected chi connectivity index (χ1v) is 6.09. The molecule has 0 fully saturated rings. The lowest BCUT2D eigenvalue weighted by Crippen LogP contribution is -2.09. The first kappa shape index (κ1) is 12.9. The van der Waals surface area contributed by atoms with Crippen LogP contribution in [0.1, 0.15) is 6.92 Å². The molecule has 7 nitrogen and oxygen atoms in total. The fourth-order valence-electron chi connectivity index (χ4n) is 1.99. The molecular weight excluding hydrogens is 276 g/mol. The van der Waals surface area contributed by atoms with Crippen LogP contribution in [0.3, 0.4) is 0 Å². The van der Waals surface area contributed by atoms with Gasteiger partial charge in [-0.25, -0.2) is 0 Å². The summed E-state index contributed by atoms with van der Waals surface area (Å²) in [4.78, 5) is 21.5. The number of nitrogens with one attached hydrogen (secondary N) is 1. The lowest BCUT2D eigenvalue weighted by atomic mass is 10.2. The molecule has 0 radical (unpaired) electrons. The number of para-hydroxylation sites is 1. The highest BCUT2D eigenvalue weighted by Crippen LogP contribution is 2.49. The lowest BCUT2D eigenvalue weighted by Gasteiger charge is -2.22. The second-order valence-corrected chi connectivity index (χ2v) is 4.41. The van der Waals surface area contributed by atoms with Gasteiger partial charge >= 0.3 is 0 Å². The Balaban J connectivity index is 2.03. The molecule has 0 saturated heterocycles. The summed E-state index contributed by atoms with van der Waals surface area (Å²) in [5, 5.41) is 13.4. The molecule has 0 aliphatic carbocycles. The van der Waals surface area contributed by atoms with Crippen molar-refractivity contribution in [2.24, 2.45) is 0 Å². The molecule has 2 aromatic carbocycles. The third-order valence-electron chi connectivity index (χ3n) is 2.86. The Bertz CT molecular complexity index is 757. The van der Waals surface area contributed by atoms with Crippen LogP contribution >= 0.6 is 0 Å². The largest absolute Gasteiger partial charge is 0.449 e. The molecule has 3 rings (SSSR count). The number of carbonyl (C=O) groups is 1. The number of hydrogen-bond donors (Lipinski definition) is 1. The third-order valence-corrected chi connectivity index (χ3v) is 2.86. The van der Waals surface area contributed by atoms with E-state index in [1.165, 1.54) is 25.1 Å². The highest BCUT2D eigenvalue weighted by atomic mass is 16.6. The number of amides is 1. The van der Waals surface area contributed by atoms with E-state index in [4.69, 9.17) is 9.47 Å². The third kappa shape index (κ3) is 2.36. The lowest BCUT2D eigenvalue weighted by molar-refractivity contribution is -0.384. The van der Waals surface area contributed by atoms with E-state index in [1.807, 2.05) is 0 Å². The Morgan fingerprint density at radius 2 is 1.95 bits per heavy atom. The first-order valence-electron chi connectivity index (χ1n) is 6.09. The molecule has 0 atom stereocenters. The van der Waals surface area contributed by atoms with Gasteiger partial charge in [0.1, 0.15) is 0 Å². The van der Waals surface area contributed by atoms with E-state index >= 15 is 0 Å². The molecule has 0 saturated carbocycles. The quantitative estimate of drug-likeness (QED) is 0.575. The van der Waals surface area contributed by atoms with Crippen molar-refractivity contribution in [2.75, 3.05) is 5.32 Å². The average Bonchev–Trinajstić information content (AvgIpc) is 2.44. The van der Waals surface area contributed by atoms with Crippen molar-refractivity contribution in [1.29, 1.82) is 0 Å². The maximum atomic E-state index is 11.2. The zero-order chi connectivity index (χ0) is 15.0. The number of fused-ring (bicyclic) bond motifs is 2. The Kier molecular flexibility index (Phi) is 2.94. The topological polar surface area (TPSA) is 90.7 Å². The van der Waals surface area contributed by atoms with Gasteiger partial charge in [-0.05, 0) is 18.2 Å². The fraction of sp³-hybridized carbons (Fsp3) is 0.0714. The Hall–Kier alpha value is -3.09. The number of nitro groups is 1. The predicted molar refractivity (Wildman–Crippen MR) is 74.0 cm³/mol. The van der Waals surface area contributed by atoms with Crippen LogP contribution in [-0.2, 0) is 4.79 Å². The summed E-state index contributed by atoms with van der Waals surface area (Å²) in [5.41, 5.74) is 0.343. The van der Waals surface area contributed by atoms with Crippen molar-refractivity contribution in [3.8, 4) is 23.0 Å². The fourth-order valence-corrected chi connectivity index (χ4v) is 1.99. The molecule has 0 aromatic heterocycles. The minimum Gasteiger partial charge on any atom is -0.449 e. The second kappa shape index (κ2) is 4.78. The van der Waals surface area contributed by atoms with Crippen LogP contribution < -0.4 is 14.8 Å². The standard InChI is InChI=1S/C14H10N2O5/c1-8(17)15-10-3-2-4-12-14(10)21-13-7-9(16(18)19)5-6-11(13)20-12/h2-7H,1H3,(H,15,17). The Labute approximate surface area is 119 Å². The van der Waals surface area contributed by atoms with Crippen LogP contribution in [0.25, 0.3) is 0 Å². The number of rotatable bonds is 2. The van der Waals surface area contributed by atoms with Gasteiger partial charge in [-0.2, -0.15) is 0 Å². The van der Waals surface area contributed by atoms with Crippen molar-refractivity contribution in [3.63, 3.8) is 0 Å². The number of ether oxygens (including phenoxy) is 2. The number of hydrogen-bond acceptors (Lipinski definition) is 5. The molecule has 7 heteroatoms. The first-order chi connectivity index (χ1) is 10.0. The van der Waals surface area contributed by atoms with Crippen LogP contribution in [0.15, 0.2) is 36.4 Å². The zero-order valence-electron chi connectivity index (χ0n) is 11.0. The molecule has 0 unspecified atom stereocenters. The van der Waals surface area contributed by atoms with Crippen LogP contribution in [0.2, 0.25) is 0 Å². The number of anilines is 1. The number of nitro benzene ring substituents is 1. The normalized spacial score (nSPS) is 11.5. The van der Waals surface area contributed by atoms with Gasteiger partial charge in [0.25, 0.3) is 5.69 Å². The molecular formula is C14H10N2O5. The highest BCUT2D eigenvalue weighted by molar-refractivity contribution is 5.91. The van der Waals surface area contributed by atoms with Crippen molar-refractivity contribution in [1.82, 2.24) is 0 Å². The van der Waals surface area contributed by atoms with Crippen LogP contribution in [-0.4, -0.2) is 10.8 Å². The van der Waals surface area contributed by atoms with Crippen LogP contribution in [0.4, 0.5) is 11.4 Å². The molecule has 0 bridgehead atoms. The number of benzene rings is 2. The number of carbonyl (C=O) groups excluding carboxylic acids is 1. The van der Waals surface area contributed by atoms with E-state index in [1.54, 1.807) is 18.2 Å². The maximum absolute atomic E-state index is 11.2. The smallest absolute Gasteiger partial charge is 0.273 e. The van der Waals surface area contributed by atoms with Crippen molar-refractivity contribution >= 4 is 17.3 Å². The monoisotopic (exact) mass is 286 g/mol. The minimum atomic E-state index is -0.515. The Morgan fingerprint density at radius 3 is 2.67 bits per heavy atom. The van der Waals surface area contributed by atoms with E-state index in [0.29, 0.717) is 22.9 Å². The van der Waals surface area contributed by atoms with Gasteiger partial charge in [0, 0.05) is 13.0 Å². The van der Waals surface area contributed by atoms with Crippen LogP contribution in [0, 0.1) is 10.1 Å². The van der Waals surface area contributed by atoms with Gasteiger partial charge in [0.05, 0.1) is 16.7 Å². The molecule has 1 N–H and O–H groups in total. The summed E-state index contributed by atoms with van der Waals surface area (Å²) in [7, 11) is 0. The number of non-ortho nitro benzene ring substituents is 1. The van der Waals surface area contributed by atoms with Gasteiger partial charge in [-0.1, -0.05) is 6.07 Å². The van der Waals surface area contributed by atoms with Gasteiger partial charge in [0.2, 0.25) is 5.91 Å². The molecule has 1 aliphatic rings. The number of nitrogens with zero attached hydrogens (tertiary/aromatic N) is 1. The Morgan fingerprint density at radius 1 is 1.14 bits per heavy atom. The summed E-state index contributed by atoms with van der Waals surface area (Å²) in [6.45, 7) is 1.38. The van der Waals surface area contributed by atoms with E-state index < -0.39 is 4.92 Å². The van der Waals surface area contributed by atoms with Crippen molar-refractivity contribution in [3.05, 3.63) is 46.5 Å². The van der Waals surface area contributed by atoms with Gasteiger partial charge in [-0.3, -0.25) is 14.9 Å². The average molecular weight is 286 g/mol. The van der Waals surface area contributed by atoms with Crippen molar-refractivity contribution < 1.29 is 19.2 Å². The highest BCUT2D eigenvalue weighted by Gasteiger charge is 2.24. The van der Waals surface area contributed by atoms with Gasteiger partial charge in [-0.15, -0.1) is 0 Å². The molecule has 1 heterocycles. The minimum absolute atomic E-state index is 0.0993. The zero-order valence-corrected chi connectivity index (χ0v) is 11.0. The van der Waals surface area contributed by atoms with Gasteiger partial charge < -0.3 is 14.8 Å². The van der Waals surface area contributed by atoms with E-state index in [9.17, 15) is 14.9 Å². The van der Waals surface area contributed by atoms with Crippen molar-refractivity contribution in [2.45, 2.75) is 6.92 Å². The summed E-state index contributed by atoms with van der Waals surface area (Å²) < 4.78 is 11.3. The SMILES string of the molecule is CC(=O)Nc1cccc2c1Oc1cc([N+](=O)[O-])ccc1O2. The van der Waals surface area contributed by atoms with E-state index in [-0.39, 0.29) is 17.3 Å². The van der Waals surface area contributed by atoms with Gasteiger partial charge in [0.15, 0.2) is 23.0 Å². The van der Waals surface area contributed by atoms with Crippen LogP contribution in [0.5, 0.6) is 23.0 Å². The molecule has 1 amide bonds. The molecule has 21 heavy (non-hydrogen) atoms. The molecule has 106 valence electrons. The van der Waals surface area contributed by atoms with E-state index in [0.717, 1.165) is 0 Å². The summed E-state index contributed by atoms with van der Waals surface area (Å²) >= 11 is 0. The molecule has 0 spiro atoms. The van der Waals surface area contributed by atoms with E-state index in [2.05, 4.69) is 5.32 Å². The summed E-state index contributed by atoms with van der Waals surface area (Å²) in [6.07, 6.45) is 0. The predicted octanol–water partition coefficient (Wildman–Crippen LogP) is 3.45.